The van der Waals surface area contributed by atoms with Crippen molar-refractivity contribution in [2.75, 3.05) is 6.61 Å². The number of benzene rings is 1. The fraction of sp³-hybridized carbons (Fsp3) is 0.538. The molecule has 1 aromatic carbocycles. The van der Waals surface area contributed by atoms with Gasteiger partial charge in [-0.2, -0.15) is 17.0 Å². The highest BCUT2D eigenvalue weighted by Crippen LogP contribution is 2.69. The summed E-state index contributed by atoms with van der Waals surface area (Å²) in [5.41, 5.74) is -0.610. The standard InChI is InChI=1S/C13H20BO14P3S2/c1-8-2-4-9(5-3-8)25-33(21,22)26-12-10-6-11(14)24-13(10,12)7-23-29(15,16)27-30(17,18)28-31(19,20)32/h2-5,10-12H,6-7,14H2,1H3,(H,15,16)(H,17,18)(H2,19,20,32). The average molecular weight is 568 g/mol. The fourth-order valence-corrected chi connectivity index (χ4v) is 8.26. The van der Waals surface area contributed by atoms with Crippen LogP contribution in [0.3, 0.4) is 0 Å². The molecule has 0 aromatic heterocycles. The van der Waals surface area contributed by atoms with E-state index < -0.39 is 57.1 Å². The van der Waals surface area contributed by atoms with E-state index in [-0.39, 0.29) is 11.8 Å². The minimum atomic E-state index is -5.52. The minimum Gasteiger partial charge on any atom is -0.375 e. The van der Waals surface area contributed by atoms with Gasteiger partial charge in [-0.25, -0.2) is 17.9 Å². The Labute approximate surface area is 195 Å². The highest BCUT2D eigenvalue weighted by molar-refractivity contribution is 8.44. The van der Waals surface area contributed by atoms with E-state index in [1.165, 1.54) is 12.1 Å². The third kappa shape index (κ3) is 7.37. The number of hydrogen-bond acceptors (Lipinski definition) is 11. The fourth-order valence-electron chi connectivity index (χ4n) is 3.43. The van der Waals surface area contributed by atoms with Gasteiger partial charge in [0.15, 0.2) is 0 Å². The number of hydrogen-bond donors (Lipinski definition) is 4. The molecule has 186 valence electrons. The van der Waals surface area contributed by atoms with E-state index in [9.17, 15) is 31.9 Å². The van der Waals surface area contributed by atoms with Crippen molar-refractivity contribution in [3.05, 3.63) is 29.8 Å². The highest BCUT2D eigenvalue weighted by atomic mass is 32.7. The summed E-state index contributed by atoms with van der Waals surface area (Å²) in [6.07, 6.45) is -0.823. The Morgan fingerprint density at radius 3 is 2.33 bits per heavy atom. The van der Waals surface area contributed by atoms with Crippen molar-refractivity contribution in [2.24, 2.45) is 5.92 Å². The van der Waals surface area contributed by atoms with Gasteiger partial charge < -0.3 is 23.6 Å². The summed E-state index contributed by atoms with van der Waals surface area (Å²) in [5.74, 6) is -0.570. The summed E-state index contributed by atoms with van der Waals surface area (Å²) in [6.45, 7) is -3.83. The Balaban J connectivity index is 1.65. The minimum absolute atomic E-state index is 0.00307. The normalized spacial score (nSPS) is 32.2. The molecule has 7 unspecified atom stereocenters. The Morgan fingerprint density at radius 1 is 1.15 bits per heavy atom. The van der Waals surface area contributed by atoms with Crippen molar-refractivity contribution in [3.8, 4) is 5.75 Å². The topological polar surface area (TPSA) is 201 Å². The van der Waals surface area contributed by atoms with E-state index in [2.05, 4.69) is 25.4 Å². The maximum Gasteiger partial charge on any atom is 0.488 e. The van der Waals surface area contributed by atoms with Crippen LogP contribution in [0.2, 0.25) is 0 Å². The first kappa shape index (κ1) is 27.3. The van der Waals surface area contributed by atoms with Gasteiger partial charge in [0, 0.05) is 11.9 Å². The van der Waals surface area contributed by atoms with Crippen LogP contribution in [-0.2, 0) is 46.2 Å². The molecule has 0 amide bonds. The van der Waals surface area contributed by atoms with Crippen LogP contribution in [0.4, 0.5) is 0 Å². The molecule has 1 heterocycles. The van der Waals surface area contributed by atoms with Gasteiger partial charge in [-0.05, 0) is 25.5 Å². The van der Waals surface area contributed by atoms with Crippen LogP contribution in [-0.4, -0.2) is 55.3 Å². The smallest absolute Gasteiger partial charge is 0.375 e. The number of phosphoric ester groups is 1. The van der Waals surface area contributed by atoms with E-state index in [1.54, 1.807) is 26.9 Å². The lowest BCUT2D eigenvalue weighted by molar-refractivity contribution is -0.0262. The molecular formula is C13H20BO14P3S2. The van der Waals surface area contributed by atoms with Crippen LogP contribution in [0.1, 0.15) is 12.0 Å². The van der Waals surface area contributed by atoms with E-state index >= 15 is 0 Å². The molecule has 3 N–H and O–H groups in total. The van der Waals surface area contributed by atoms with Gasteiger partial charge in [-0.15, -0.1) is 0 Å². The van der Waals surface area contributed by atoms with E-state index in [0.717, 1.165) is 5.56 Å². The third-order valence-corrected chi connectivity index (χ3v) is 9.96. The van der Waals surface area contributed by atoms with Gasteiger partial charge in [0.05, 0.1) is 6.61 Å². The van der Waals surface area contributed by atoms with Crippen LogP contribution in [0, 0.1) is 12.8 Å². The molecule has 1 aliphatic heterocycles. The molecule has 33 heavy (non-hydrogen) atoms. The van der Waals surface area contributed by atoms with Crippen molar-refractivity contribution >= 4 is 52.9 Å². The van der Waals surface area contributed by atoms with Gasteiger partial charge in [-0.3, -0.25) is 4.52 Å². The van der Waals surface area contributed by atoms with Gasteiger partial charge in [0.25, 0.3) is 0 Å². The Hall–Kier alpha value is -0.245. The van der Waals surface area contributed by atoms with Gasteiger partial charge in [-0.1, -0.05) is 29.9 Å². The van der Waals surface area contributed by atoms with Crippen molar-refractivity contribution in [1.29, 1.82) is 0 Å². The summed E-state index contributed by atoms with van der Waals surface area (Å²) in [5, 5.41) is 0. The van der Waals surface area contributed by atoms with Crippen LogP contribution in [0.15, 0.2) is 24.3 Å². The molecule has 3 rings (SSSR count). The first-order valence-corrected chi connectivity index (χ1v) is 16.1. The third-order valence-electron chi connectivity index (χ3n) is 4.68. The molecule has 1 saturated heterocycles. The maximum atomic E-state index is 12.3. The second kappa shape index (κ2) is 9.32. The SMILES string of the molecule is BC1CC2C(OS(=O)(=O)Oc3ccc(C)cc3)C2(COP(=O)(O)OP(=O)(O)OP(=O)(O)S)O1. The van der Waals surface area contributed by atoms with Crippen LogP contribution in [0.25, 0.3) is 0 Å². The van der Waals surface area contributed by atoms with E-state index in [4.69, 9.17) is 18.0 Å². The zero-order valence-electron chi connectivity index (χ0n) is 17.0. The van der Waals surface area contributed by atoms with Gasteiger partial charge in [0.2, 0.25) is 0 Å². The summed E-state index contributed by atoms with van der Waals surface area (Å²) in [6, 6.07) is 5.72. The van der Waals surface area contributed by atoms with Gasteiger partial charge >= 0.3 is 32.8 Å². The summed E-state index contributed by atoms with van der Waals surface area (Å²) in [7, 11) is -13.8. The van der Waals surface area contributed by atoms with Crippen molar-refractivity contribution in [2.45, 2.75) is 31.1 Å². The Morgan fingerprint density at radius 2 is 1.76 bits per heavy atom. The highest BCUT2D eigenvalue weighted by Gasteiger charge is 2.74. The lowest BCUT2D eigenvalue weighted by Gasteiger charge is -2.21. The van der Waals surface area contributed by atoms with Crippen molar-refractivity contribution < 1.29 is 63.0 Å². The molecule has 1 aliphatic carbocycles. The largest absolute Gasteiger partial charge is 0.488 e. The second-order valence-electron chi connectivity index (χ2n) is 7.41. The van der Waals surface area contributed by atoms with Gasteiger partial charge in [0.1, 0.15) is 25.3 Å². The molecular weight excluding hydrogens is 548 g/mol. The number of rotatable bonds is 11. The predicted octanol–water partition coefficient (Wildman–Crippen LogP) is 1.03. The summed E-state index contributed by atoms with van der Waals surface area (Å²) < 4.78 is 87.1. The lowest BCUT2D eigenvalue weighted by atomic mass is 9.96. The van der Waals surface area contributed by atoms with E-state index in [1.807, 2.05) is 0 Å². The molecule has 1 aromatic rings. The number of phosphoric acid groups is 2. The summed E-state index contributed by atoms with van der Waals surface area (Å²) >= 11 is 3.00. The molecule has 0 bridgehead atoms. The number of thiol groups is 1. The first-order valence-electron chi connectivity index (χ1n) is 9.08. The van der Waals surface area contributed by atoms with Crippen molar-refractivity contribution in [1.82, 2.24) is 0 Å². The molecule has 1 saturated carbocycles. The molecule has 0 spiro atoms. The summed E-state index contributed by atoms with van der Waals surface area (Å²) in [4.78, 5) is 27.9. The van der Waals surface area contributed by atoms with Crippen LogP contribution < -0.4 is 4.18 Å². The zero-order valence-corrected chi connectivity index (χ0v) is 21.4. The quantitative estimate of drug-likeness (QED) is 0.168. The molecule has 0 radical (unpaired) electrons. The Bertz CT molecular complexity index is 1140. The molecule has 2 fully saturated rings. The van der Waals surface area contributed by atoms with E-state index in [0.29, 0.717) is 6.42 Å². The van der Waals surface area contributed by atoms with Crippen molar-refractivity contribution in [3.63, 3.8) is 0 Å². The van der Waals surface area contributed by atoms with Crippen LogP contribution in [0.5, 0.6) is 5.75 Å². The average Bonchev–Trinajstić information content (AvgIpc) is 2.99. The number of ether oxygens (including phenoxy) is 1. The second-order valence-corrected chi connectivity index (χ2v) is 14.5. The first-order chi connectivity index (χ1) is 14.9. The molecule has 7 atom stereocenters. The predicted molar refractivity (Wildman–Crippen MR) is 116 cm³/mol. The molecule has 2 aliphatic rings. The maximum absolute atomic E-state index is 12.3. The lowest BCUT2D eigenvalue weighted by Crippen LogP contribution is -2.31. The number of aryl methyl sites for hydroxylation is 1. The zero-order chi connectivity index (χ0) is 24.9. The molecule has 14 nitrogen and oxygen atoms in total. The molecule has 20 heteroatoms. The number of fused-ring (bicyclic) bond motifs is 1. The monoisotopic (exact) mass is 568 g/mol. The Kier molecular flexibility index (Phi) is 7.73. The van der Waals surface area contributed by atoms with Crippen LogP contribution >= 0.6 is 34.7 Å².